The molecule has 0 spiro atoms. The molecule has 0 heterocycles. The van der Waals surface area contributed by atoms with Gasteiger partial charge in [0.2, 0.25) is 11.8 Å². The Morgan fingerprint density at radius 1 is 0.603 bits per heavy atom. The summed E-state index contributed by atoms with van der Waals surface area (Å²) >= 11 is 29.2. The average molecular weight is 1170 g/mol. The number of ether oxygens (including phenoxy) is 4. The topological polar surface area (TPSA) is 127 Å². The predicted molar refractivity (Wildman–Crippen MR) is 284 cm³/mol. The molecule has 4 aromatic rings. The minimum atomic E-state index is -4.69. The molecule has 2 atom stereocenters. The number of rotatable bonds is 18. The number of alkyl halides is 6. The van der Waals surface area contributed by atoms with Crippen molar-refractivity contribution in [2.24, 2.45) is 0 Å². The van der Waals surface area contributed by atoms with Gasteiger partial charge in [-0.05, 0) is 79.5 Å². The fourth-order valence-electron chi connectivity index (χ4n) is 6.73. The number of nitrogens with one attached hydrogen (secondary N) is 1. The van der Waals surface area contributed by atoms with Crippen LogP contribution in [0.25, 0.3) is 0 Å². The zero-order chi connectivity index (χ0) is 53.9. The Morgan fingerprint density at radius 2 is 1.01 bits per heavy atom. The molecule has 0 fully saturated rings. The first-order valence-electron chi connectivity index (χ1n) is 20.6. The van der Waals surface area contributed by atoms with Gasteiger partial charge in [0.1, 0.15) is 35.8 Å². The summed E-state index contributed by atoms with van der Waals surface area (Å²) in [6.07, 6.45) is -9.66. The van der Waals surface area contributed by atoms with Crippen LogP contribution in [0.1, 0.15) is 36.8 Å². The van der Waals surface area contributed by atoms with Crippen molar-refractivity contribution in [3.05, 3.63) is 141 Å². The van der Waals surface area contributed by atoms with Gasteiger partial charge < -0.3 is 34.1 Å². The summed E-state index contributed by atoms with van der Waals surface area (Å²) in [6, 6.07) is 22.5. The first-order valence-corrected chi connectivity index (χ1v) is 22.5. The van der Waals surface area contributed by atoms with E-state index in [1.165, 1.54) is 64.5 Å². The minimum Gasteiger partial charge on any atom is -0.497 e. The second-order valence-corrected chi connectivity index (χ2v) is 17.3. The normalized spacial score (nSPS) is 12.3. The van der Waals surface area contributed by atoms with E-state index in [4.69, 9.17) is 72.2 Å². The van der Waals surface area contributed by atoms with Gasteiger partial charge in [-0.25, -0.2) is 9.59 Å². The fourth-order valence-corrected chi connectivity index (χ4v) is 7.41. The summed E-state index contributed by atoms with van der Waals surface area (Å²) in [5, 5.41) is 4.17. The van der Waals surface area contributed by atoms with Crippen LogP contribution >= 0.6 is 85.0 Å². The summed E-state index contributed by atoms with van der Waals surface area (Å²) in [5.74, 6) is -0.548. The monoisotopic (exact) mass is 1170 g/mol. The summed E-state index contributed by atoms with van der Waals surface area (Å²) < 4.78 is 96.1. The van der Waals surface area contributed by atoms with Gasteiger partial charge in [-0.2, -0.15) is 53.3 Å². The summed E-state index contributed by atoms with van der Waals surface area (Å²) in [5.41, 5.74) is -1.95. The van der Waals surface area contributed by atoms with Gasteiger partial charge in [-0.3, -0.25) is 14.5 Å². The lowest BCUT2D eigenvalue weighted by atomic mass is 9.84. The largest absolute Gasteiger partial charge is 0.497 e. The van der Waals surface area contributed by atoms with E-state index in [0.717, 1.165) is 9.80 Å². The van der Waals surface area contributed by atoms with Crippen molar-refractivity contribution in [1.29, 1.82) is 0 Å². The number of amides is 3. The molecule has 404 valence electrons. The molecule has 0 aromatic heterocycles. The van der Waals surface area contributed by atoms with Gasteiger partial charge in [0.25, 0.3) is 0 Å². The third-order valence-electron chi connectivity index (χ3n) is 10.3. The molecule has 25 heteroatoms. The van der Waals surface area contributed by atoms with Crippen LogP contribution in [-0.2, 0) is 20.7 Å². The van der Waals surface area contributed by atoms with Crippen molar-refractivity contribution in [1.82, 2.24) is 20.0 Å². The summed E-state index contributed by atoms with van der Waals surface area (Å²) in [7, 11) is 8.62. The Hall–Kier alpha value is -4.67. The second-order valence-electron chi connectivity index (χ2n) is 15.3. The molecule has 0 aliphatic rings. The number of nitrogens with zero attached hydrogens (tertiary/aromatic N) is 3. The molecule has 0 aliphatic carbocycles. The zero-order valence-electron chi connectivity index (χ0n) is 40.2. The van der Waals surface area contributed by atoms with E-state index in [9.17, 15) is 45.5 Å². The van der Waals surface area contributed by atoms with E-state index in [2.05, 4.69) is 23.2 Å². The highest BCUT2D eigenvalue weighted by molar-refractivity contribution is 7.59. The first-order chi connectivity index (χ1) is 33.1. The Labute approximate surface area is 459 Å². The molecular formula is C48H55Cl5F6N4O8S2. The number of carbonyl (C=O) groups excluding carboxylic acids is 4. The highest BCUT2D eigenvalue weighted by atomic mass is 35.5. The lowest BCUT2D eigenvalue weighted by molar-refractivity contribution is -0.163. The van der Waals surface area contributed by atoms with E-state index in [0.29, 0.717) is 44.8 Å². The van der Waals surface area contributed by atoms with Crippen LogP contribution < -0.4 is 24.3 Å². The smallest absolute Gasteiger partial charge is 0.415 e. The number of carbonyl (C=O) groups is 4. The lowest BCUT2D eigenvalue weighted by Gasteiger charge is -2.43. The quantitative estimate of drug-likeness (QED) is 0.0588. The van der Waals surface area contributed by atoms with Crippen LogP contribution in [0.3, 0.4) is 0 Å². The van der Waals surface area contributed by atoms with Crippen molar-refractivity contribution in [2.75, 3.05) is 55.5 Å². The molecule has 4 rings (SSSR count). The van der Waals surface area contributed by atoms with Crippen molar-refractivity contribution < 1.29 is 64.5 Å². The van der Waals surface area contributed by atoms with Crippen molar-refractivity contribution in [3.8, 4) is 23.0 Å². The molecule has 0 bridgehead atoms. The van der Waals surface area contributed by atoms with Crippen molar-refractivity contribution in [2.45, 2.75) is 49.1 Å². The number of likely N-dealkylation sites (N-methyl/N-ethyl adjacent to an activating group) is 4. The van der Waals surface area contributed by atoms with Gasteiger partial charge in [0.15, 0.2) is 0 Å². The van der Waals surface area contributed by atoms with E-state index in [1.807, 2.05) is 0 Å². The molecule has 0 aliphatic heterocycles. The van der Waals surface area contributed by atoms with Crippen molar-refractivity contribution in [3.63, 3.8) is 0 Å². The maximum atomic E-state index is 13.2. The van der Waals surface area contributed by atoms with E-state index in [1.54, 1.807) is 79.9 Å². The highest BCUT2D eigenvalue weighted by Gasteiger charge is 2.43. The standard InChI is InChI=1S/C24H25Cl2F3N2O4.C16H19Cl2F3N2O.C8H7ClO3.2H2S/c1-5-11-23(16-9-10-19(25)20(26)12-16,15-30(2)21(32)14-24(27,28)29)31(3)22(33)35-18-8-6-7-17(13-18)34-4;1-4-7-15(22-2,11-5-6-12(17)13(18)8-11)10-23(3)14(24)9-16(19,20)21;1-11-6-3-2-4-7(5-6)12-8(9)10;;/h5-10,12-13H,1,11,14-15H2,2-4H3;4-6,8,22H,1,7,9-10H2,2-3H3;2-5H,1H3;2*1H2/t23-;15-;;;/m11.../s1. The zero-order valence-corrected chi connectivity index (χ0v) is 45.9. The van der Waals surface area contributed by atoms with Crippen LogP contribution in [0.4, 0.5) is 35.9 Å². The van der Waals surface area contributed by atoms with E-state index < -0.39 is 59.6 Å². The molecule has 4 aromatic carbocycles. The van der Waals surface area contributed by atoms with Crippen LogP contribution in [-0.4, -0.2) is 106 Å². The van der Waals surface area contributed by atoms with E-state index >= 15 is 0 Å². The van der Waals surface area contributed by atoms with Crippen LogP contribution in [0.2, 0.25) is 20.1 Å². The van der Waals surface area contributed by atoms with Crippen molar-refractivity contribution >= 4 is 108 Å². The molecule has 1 N–H and O–H groups in total. The maximum Gasteiger partial charge on any atom is 0.415 e. The van der Waals surface area contributed by atoms with Crippen LogP contribution in [0.5, 0.6) is 23.0 Å². The number of benzene rings is 4. The molecule has 12 nitrogen and oxygen atoms in total. The van der Waals surface area contributed by atoms with Crippen LogP contribution in [0.15, 0.2) is 110 Å². The van der Waals surface area contributed by atoms with Gasteiger partial charge in [-0.1, -0.05) is 82.8 Å². The van der Waals surface area contributed by atoms with Gasteiger partial charge in [0, 0.05) is 58.0 Å². The number of hydrogen-bond donors (Lipinski definition) is 1. The molecule has 0 saturated heterocycles. The summed E-state index contributed by atoms with van der Waals surface area (Å²) in [6.45, 7) is 7.13. The maximum absolute atomic E-state index is 13.2. The Kier molecular flexibility index (Phi) is 29.3. The molecule has 0 radical (unpaired) electrons. The lowest BCUT2D eigenvalue weighted by Crippen LogP contribution is -2.55. The van der Waals surface area contributed by atoms with Gasteiger partial charge >= 0.3 is 23.9 Å². The van der Waals surface area contributed by atoms with Gasteiger partial charge in [0.05, 0.1) is 45.4 Å². The number of methoxy groups -OCH3 is 2. The Balaban J connectivity index is 0.00000118. The molecule has 73 heavy (non-hydrogen) atoms. The number of hydrogen-bond acceptors (Lipinski definition) is 9. The highest BCUT2D eigenvalue weighted by Crippen LogP contribution is 2.38. The average Bonchev–Trinajstić information content (AvgIpc) is 3.29. The molecule has 0 saturated carbocycles. The third-order valence-corrected chi connectivity index (χ3v) is 11.9. The Bertz CT molecular complexity index is 2480. The van der Waals surface area contributed by atoms with Gasteiger partial charge in [-0.15, -0.1) is 13.2 Å². The third kappa shape index (κ3) is 22.0. The van der Waals surface area contributed by atoms with Crippen LogP contribution in [0, 0.1) is 0 Å². The SMILES string of the molecule is C=CC[C@@](CN(C)C(=O)CC(F)(F)F)(c1ccc(Cl)c(Cl)c1)N(C)C(=O)Oc1cccc(OC)c1.C=CC[C@](CN(C)C(=O)CC(F)(F)F)(NC)c1ccc(Cl)c(Cl)c1.COc1cccc(OC(=O)Cl)c1.S.S. The minimum absolute atomic E-state index is 0. The summed E-state index contributed by atoms with van der Waals surface area (Å²) in [4.78, 5) is 50.8. The second kappa shape index (κ2) is 31.3. The predicted octanol–water partition coefficient (Wildman–Crippen LogP) is 13.4. The number of halogens is 11. The first kappa shape index (κ1) is 68.3. The van der Waals surface area contributed by atoms with E-state index in [-0.39, 0.29) is 62.3 Å². The molecule has 0 unspecified atom stereocenters. The Morgan fingerprint density at radius 3 is 1.41 bits per heavy atom. The molecular weight excluding hydrogens is 1120 g/mol. The molecule has 3 amide bonds. The fraction of sp³-hybridized carbons (Fsp3) is 0.333.